The van der Waals surface area contributed by atoms with Crippen LogP contribution in [0, 0.1) is 15.9 Å². The average molecular weight is 281 g/mol. The summed E-state index contributed by atoms with van der Waals surface area (Å²) in [7, 11) is 0. The molecule has 0 saturated heterocycles. The van der Waals surface area contributed by atoms with E-state index in [2.05, 4.69) is 0 Å². The van der Waals surface area contributed by atoms with Gasteiger partial charge in [0.15, 0.2) is 0 Å². The van der Waals surface area contributed by atoms with Crippen LogP contribution in [0.5, 0.6) is 0 Å². The maximum absolute atomic E-state index is 12.8. The Balaban J connectivity index is 0.00000225. The van der Waals surface area contributed by atoms with E-state index in [1.807, 2.05) is 0 Å². The van der Waals surface area contributed by atoms with Gasteiger partial charge in [0.25, 0.3) is 5.69 Å². The molecule has 0 unspecified atom stereocenters. The quantitative estimate of drug-likeness (QED) is 0.316. The van der Waals surface area contributed by atoms with Crippen LogP contribution >= 0.6 is 11.6 Å². The molecule has 1 rings (SSSR count). The van der Waals surface area contributed by atoms with Crippen LogP contribution in [0.1, 0.15) is 0 Å². The molecule has 0 aliphatic carbocycles. The molecule has 0 saturated carbocycles. The molecule has 0 radical (unpaired) electrons. The van der Waals surface area contributed by atoms with Crippen LogP contribution < -0.4 is 56.8 Å². The molecule has 0 N–H and O–H groups in total. The maximum Gasteiger partial charge on any atom is 1.00 e. The Hall–Kier alpha value is 0.331. The first-order valence-corrected chi connectivity index (χ1v) is 3.94. The third-order valence-electron chi connectivity index (χ3n) is 1.62. The molecule has 82 valence electrons. The minimum absolute atomic E-state index is 0. The fraction of sp³-hybridized carbons (Fsp3) is 0. The molecule has 0 aromatic heterocycles. The molecule has 0 aliphatic rings. The minimum atomic E-state index is -5.63. The minimum Gasteiger partial charge on any atom is -0.445 e. The van der Waals surface area contributed by atoms with E-state index in [9.17, 15) is 27.5 Å². The number of hydrogen-bond acceptors (Lipinski definition) is 2. The Morgan fingerprint density at radius 2 is 1.81 bits per heavy atom. The Morgan fingerprint density at radius 3 is 2.19 bits per heavy atom. The monoisotopic (exact) mass is 281 g/mol. The van der Waals surface area contributed by atoms with Crippen molar-refractivity contribution in [3.05, 3.63) is 33.1 Å². The summed E-state index contributed by atoms with van der Waals surface area (Å²) in [5, 5.41) is 9.59. The van der Waals surface area contributed by atoms with Crippen molar-refractivity contribution in [1.82, 2.24) is 0 Å². The zero-order valence-corrected chi connectivity index (χ0v) is 11.8. The average Bonchev–Trinajstić information content (AvgIpc) is 2.00. The predicted molar refractivity (Wildman–Crippen MR) is 46.8 cm³/mol. The second-order valence-corrected chi connectivity index (χ2v) is 3.06. The molecule has 1 aromatic carbocycles. The van der Waals surface area contributed by atoms with Crippen LogP contribution in [0.15, 0.2) is 12.1 Å². The summed E-state index contributed by atoms with van der Waals surface area (Å²) in [5.41, 5.74) is -2.61. The molecule has 3 nitrogen and oxygen atoms in total. The van der Waals surface area contributed by atoms with Gasteiger partial charge in [-0.2, -0.15) is 0 Å². The molecule has 0 spiro atoms. The van der Waals surface area contributed by atoms with E-state index in [1.54, 1.807) is 0 Å². The molecule has 0 heterocycles. The summed E-state index contributed by atoms with van der Waals surface area (Å²) in [6.45, 7) is -5.63. The van der Waals surface area contributed by atoms with Gasteiger partial charge in [-0.05, 0) is 12.1 Å². The fourth-order valence-corrected chi connectivity index (χ4v) is 1.16. The first kappa shape index (κ1) is 16.3. The molecule has 0 aliphatic heterocycles. The van der Waals surface area contributed by atoms with Gasteiger partial charge in [0.1, 0.15) is 5.02 Å². The standard InChI is InChI=1S/C6H2BClF4NO2.K/c8-4-2-5(9)3(7(10,11)12)1-6(4)13(14)15;/h1-2H;/q-1;+1. The van der Waals surface area contributed by atoms with Crippen molar-refractivity contribution in [3.63, 3.8) is 0 Å². The van der Waals surface area contributed by atoms with Crippen molar-refractivity contribution >= 4 is 29.7 Å². The van der Waals surface area contributed by atoms with E-state index in [-0.39, 0.29) is 63.5 Å². The number of halogens is 5. The number of nitrogens with zero attached hydrogens (tertiary/aromatic N) is 1. The van der Waals surface area contributed by atoms with Crippen molar-refractivity contribution in [2.24, 2.45) is 0 Å². The van der Waals surface area contributed by atoms with Gasteiger partial charge in [-0.25, -0.2) is 4.39 Å². The van der Waals surface area contributed by atoms with Gasteiger partial charge in [-0.3, -0.25) is 10.1 Å². The smallest absolute Gasteiger partial charge is 0.445 e. The van der Waals surface area contributed by atoms with E-state index >= 15 is 0 Å². The molecule has 0 bridgehead atoms. The second kappa shape index (κ2) is 5.78. The molecule has 0 amide bonds. The summed E-state index contributed by atoms with van der Waals surface area (Å²) in [5.74, 6) is -1.61. The maximum atomic E-state index is 12.8. The molecule has 16 heavy (non-hydrogen) atoms. The van der Waals surface area contributed by atoms with Crippen molar-refractivity contribution in [1.29, 1.82) is 0 Å². The second-order valence-electron chi connectivity index (χ2n) is 2.66. The molecule has 1 aromatic rings. The van der Waals surface area contributed by atoms with E-state index in [0.29, 0.717) is 0 Å². The van der Waals surface area contributed by atoms with Crippen LogP contribution in [0.4, 0.5) is 23.0 Å². The van der Waals surface area contributed by atoms with E-state index in [1.165, 1.54) is 0 Å². The van der Waals surface area contributed by atoms with Gasteiger partial charge in [0.05, 0.1) is 10.7 Å². The summed E-state index contributed by atoms with van der Waals surface area (Å²) in [6.07, 6.45) is 0. The van der Waals surface area contributed by atoms with Crippen molar-refractivity contribution < 1.29 is 73.6 Å². The molecular weight excluding hydrogens is 279 g/mol. The topological polar surface area (TPSA) is 43.1 Å². The van der Waals surface area contributed by atoms with Crippen LogP contribution in [0.2, 0.25) is 5.02 Å². The van der Waals surface area contributed by atoms with Crippen molar-refractivity contribution in [2.45, 2.75) is 0 Å². The normalized spacial score (nSPS) is 10.8. The number of rotatable bonds is 2. The summed E-state index contributed by atoms with van der Waals surface area (Å²) in [6, 6.07) is 0.377. The molecule has 0 atom stereocenters. The summed E-state index contributed by atoms with van der Waals surface area (Å²) < 4.78 is 49.3. The Morgan fingerprint density at radius 1 is 1.31 bits per heavy atom. The molecule has 10 heteroatoms. The van der Waals surface area contributed by atoms with Gasteiger partial charge in [-0.1, -0.05) is 17.1 Å². The van der Waals surface area contributed by atoms with Crippen LogP contribution in [0.25, 0.3) is 0 Å². The Labute approximate surface area is 135 Å². The van der Waals surface area contributed by atoms with Gasteiger partial charge >= 0.3 is 58.4 Å². The summed E-state index contributed by atoms with van der Waals surface area (Å²) in [4.78, 5) is 9.15. The van der Waals surface area contributed by atoms with Crippen LogP contribution in [0.3, 0.4) is 0 Å². The summed E-state index contributed by atoms with van der Waals surface area (Å²) >= 11 is 5.20. The molecular formula is C6H2BClF4KNO2. The Bertz CT molecular complexity index is 428. The van der Waals surface area contributed by atoms with Crippen molar-refractivity contribution in [2.75, 3.05) is 0 Å². The van der Waals surface area contributed by atoms with Gasteiger partial charge in [0.2, 0.25) is 0 Å². The van der Waals surface area contributed by atoms with E-state index in [4.69, 9.17) is 11.6 Å². The number of hydrogen-bond donors (Lipinski definition) is 0. The first-order valence-electron chi connectivity index (χ1n) is 3.56. The van der Waals surface area contributed by atoms with Gasteiger partial charge in [0, 0.05) is 0 Å². The predicted octanol–water partition coefficient (Wildman–Crippen LogP) is -0.554. The van der Waals surface area contributed by atoms with Gasteiger partial charge < -0.3 is 12.9 Å². The SMILES string of the molecule is O=[N+]([O-])c1cc([B-](F)(F)F)c(F)cc1Cl.[K+]. The van der Waals surface area contributed by atoms with Gasteiger partial charge in [-0.15, -0.1) is 0 Å². The first-order chi connectivity index (χ1) is 6.73. The van der Waals surface area contributed by atoms with E-state index < -0.39 is 33.9 Å². The third-order valence-corrected chi connectivity index (χ3v) is 1.92. The van der Waals surface area contributed by atoms with Crippen molar-refractivity contribution in [3.8, 4) is 0 Å². The molecule has 0 fully saturated rings. The largest absolute Gasteiger partial charge is 1.00 e. The van der Waals surface area contributed by atoms with E-state index in [0.717, 1.165) is 0 Å². The number of benzene rings is 1. The zero-order valence-electron chi connectivity index (χ0n) is 7.89. The number of nitro groups is 1. The Kier molecular flexibility index (Phi) is 5.90. The zero-order chi connectivity index (χ0) is 11.8. The fourth-order valence-electron chi connectivity index (χ4n) is 0.944. The van der Waals surface area contributed by atoms with Crippen LogP contribution in [-0.2, 0) is 0 Å². The third kappa shape index (κ3) is 3.67. The number of nitro benzene ring substituents is 1. The van der Waals surface area contributed by atoms with Crippen LogP contribution in [-0.4, -0.2) is 11.9 Å².